The van der Waals surface area contributed by atoms with Gasteiger partial charge in [-0.2, -0.15) is 4.31 Å². The quantitative estimate of drug-likeness (QED) is 0.585. The zero-order chi connectivity index (χ0) is 22.7. The van der Waals surface area contributed by atoms with Gasteiger partial charge in [-0.3, -0.25) is 9.36 Å². The fourth-order valence-electron chi connectivity index (χ4n) is 3.60. The van der Waals surface area contributed by atoms with Crippen LogP contribution >= 0.6 is 0 Å². The molecular formula is C22H23FN4O4S. The number of nitrogens with one attached hydrogen (secondary N) is 1. The Morgan fingerprint density at radius 3 is 2.56 bits per heavy atom. The molecule has 0 bridgehead atoms. The first kappa shape index (κ1) is 22.0. The third-order valence-electron chi connectivity index (χ3n) is 5.16. The molecule has 1 aliphatic heterocycles. The van der Waals surface area contributed by atoms with Crippen molar-refractivity contribution < 1.29 is 22.3 Å². The first-order chi connectivity index (χ1) is 15.4. The van der Waals surface area contributed by atoms with Crippen LogP contribution in [0.15, 0.2) is 59.9 Å². The van der Waals surface area contributed by atoms with E-state index in [0.717, 1.165) is 12.8 Å². The number of hydrogen-bond acceptors (Lipinski definition) is 5. The summed E-state index contributed by atoms with van der Waals surface area (Å²) in [5, 5.41) is 2.73. The highest BCUT2D eigenvalue weighted by molar-refractivity contribution is 7.89. The van der Waals surface area contributed by atoms with Crippen molar-refractivity contribution in [2.45, 2.75) is 24.7 Å². The molecule has 10 heteroatoms. The summed E-state index contributed by atoms with van der Waals surface area (Å²) in [6.07, 6.45) is 4.46. The Balaban J connectivity index is 1.63. The van der Waals surface area contributed by atoms with Crippen LogP contribution < -0.4 is 10.1 Å². The van der Waals surface area contributed by atoms with E-state index in [1.54, 1.807) is 19.1 Å². The molecule has 1 aromatic heterocycles. The molecule has 2 aromatic carbocycles. The minimum Gasteiger partial charge on any atom is -0.492 e. The van der Waals surface area contributed by atoms with E-state index in [9.17, 15) is 17.6 Å². The van der Waals surface area contributed by atoms with Crippen LogP contribution in [-0.2, 0) is 10.0 Å². The Morgan fingerprint density at radius 2 is 1.88 bits per heavy atom. The molecule has 0 aliphatic carbocycles. The number of amides is 1. The molecule has 0 radical (unpaired) electrons. The zero-order valence-corrected chi connectivity index (χ0v) is 18.3. The molecule has 4 rings (SSSR count). The van der Waals surface area contributed by atoms with E-state index in [0.29, 0.717) is 31.1 Å². The topological polar surface area (TPSA) is 93.5 Å². The lowest BCUT2D eigenvalue weighted by Gasteiger charge is -2.19. The molecule has 1 aliphatic rings. The van der Waals surface area contributed by atoms with Gasteiger partial charge < -0.3 is 10.1 Å². The third kappa shape index (κ3) is 4.37. The summed E-state index contributed by atoms with van der Waals surface area (Å²) in [7, 11) is -3.75. The van der Waals surface area contributed by atoms with E-state index >= 15 is 0 Å². The van der Waals surface area contributed by atoms with Gasteiger partial charge in [-0.05, 0) is 62.2 Å². The molecule has 1 N–H and O–H groups in total. The number of benzene rings is 2. The summed E-state index contributed by atoms with van der Waals surface area (Å²) in [6, 6.07) is 10.2. The number of aromatic nitrogens is 2. The highest BCUT2D eigenvalue weighted by Gasteiger charge is 2.30. The van der Waals surface area contributed by atoms with Crippen LogP contribution in [0.5, 0.6) is 5.75 Å². The fourth-order valence-corrected chi connectivity index (χ4v) is 5.27. The number of halogens is 1. The maximum Gasteiger partial charge on any atom is 0.274 e. The van der Waals surface area contributed by atoms with E-state index in [2.05, 4.69) is 10.3 Å². The summed E-state index contributed by atoms with van der Waals surface area (Å²) in [5.41, 5.74) is 1.09. The minimum absolute atomic E-state index is 0.0195. The van der Waals surface area contributed by atoms with Crippen LogP contribution in [0.4, 0.5) is 10.1 Å². The van der Waals surface area contributed by atoms with Crippen molar-refractivity contribution in [3.05, 3.63) is 66.5 Å². The number of hydrogen-bond donors (Lipinski definition) is 1. The number of sulfonamides is 1. The average molecular weight is 459 g/mol. The largest absolute Gasteiger partial charge is 0.492 e. The summed E-state index contributed by atoms with van der Waals surface area (Å²) in [6.45, 7) is 3.01. The number of rotatable bonds is 7. The van der Waals surface area contributed by atoms with Crippen molar-refractivity contribution in [3.63, 3.8) is 0 Å². The van der Waals surface area contributed by atoms with Gasteiger partial charge >= 0.3 is 0 Å². The molecule has 0 saturated carbocycles. The zero-order valence-electron chi connectivity index (χ0n) is 17.5. The number of anilines is 1. The van der Waals surface area contributed by atoms with Gasteiger partial charge in [-0.25, -0.2) is 17.8 Å². The van der Waals surface area contributed by atoms with E-state index in [-0.39, 0.29) is 22.2 Å². The molecule has 0 unspecified atom stereocenters. The highest BCUT2D eigenvalue weighted by Crippen LogP contribution is 2.32. The molecule has 2 heterocycles. The standard InChI is InChI=1S/C22H23FN4O4S/c1-2-31-20-10-7-17(13-21(20)32(29,30)26-11-3-4-12-26)25-22(28)19-14-24-15-27(19)18-8-5-16(23)6-9-18/h5-10,13-15H,2-4,11-12H2,1H3,(H,25,28). The van der Waals surface area contributed by atoms with Crippen molar-refractivity contribution in [2.24, 2.45) is 0 Å². The number of carbonyl (C=O) groups excluding carboxylic acids is 1. The molecule has 3 aromatic rings. The molecule has 1 fully saturated rings. The lowest BCUT2D eigenvalue weighted by molar-refractivity contribution is 0.102. The Bertz CT molecular complexity index is 1220. The summed E-state index contributed by atoms with van der Waals surface area (Å²) in [5.74, 6) is -0.629. The smallest absolute Gasteiger partial charge is 0.274 e. The maximum atomic E-state index is 13.2. The van der Waals surface area contributed by atoms with Crippen LogP contribution in [0.1, 0.15) is 30.3 Å². The van der Waals surface area contributed by atoms with Gasteiger partial charge in [0.2, 0.25) is 10.0 Å². The van der Waals surface area contributed by atoms with Crippen LogP contribution in [-0.4, -0.2) is 47.9 Å². The fraction of sp³-hybridized carbons (Fsp3) is 0.273. The minimum atomic E-state index is -3.75. The first-order valence-electron chi connectivity index (χ1n) is 10.3. The van der Waals surface area contributed by atoms with Crippen LogP contribution in [0.25, 0.3) is 5.69 Å². The summed E-state index contributed by atoms with van der Waals surface area (Å²) >= 11 is 0. The Labute approximate surface area is 185 Å². The Morgan fingerprint density at radius 1 is 1.16 bits per heavy atom. The van der Waals surface area contributed by atoms with Gasteiger partial charge in [0.25, 0.3) is 5.91 Å². The molecule has 0 spiro atoms. The SMILES string of the molecule is CCOc1ccc(NC(=O)c2cncn2-c2ccc(F)cc2)cc1S(=O)(=O)N1CCCC1. The van der Waals surface area contributed by atoms with Gasteiger partial charge in [0, 0.05) is 24.5 Å². The summed E-state index contributed by atoms with van der Waals surface area (Å²) < 4.78 is 48.0. The molecule has 32 heavy (non-hydrogen) atoms. The van der Waals surface area contributed by atoms with Gasteiger partial charge in [-0.1, -0.05) is 0 Å². The normalized spacial score (nSPS) is 14.4. The van der Waals surface area contributed by atoms with Crippen molar-refractivity contribution in [1.82, 2.24) is 13.9 Å². The van der Waals surface area contributed by atoms with E-state index in [4.69, 9.17) is 4.74 Å². The van der Waals surface area contributed by atoms with Crippen LogP contribution in [0.3, 0.4) is 0 Å². The molecule has 8 nitrogen and oxygen atoms in total. The molecule has 168 valence electrons. The van der Waals surface area contributed by atoms with Crippen LogP contribution in [0, 0.1) is 5.82 Å². The second kappa shape index (κ2) is 9.09. The maximum absolute atomic E-state index is 13.2. The average Bonchev–Trinajstić information content (AvgIpc) is 3.48. The number of nitrogens with zero attached hydrogens (tertiary/aromatic N) is 3. The lowest BCUT2D eigenvalue weighted by Crippen LogP contribution is -2.28. The Kier molecular flexibility index (Phi) is 6.24. The number of imidazole rings is 1. The highest BCUT2D eigenvalue weighted by atomic mass is 32.2. The molecule has 0 atom stereocenters. The molecule has 1 saturated heterocycles. The summed E-state index contributed by atoms with van der Waals surface area (Å²) in [4.78, 5) is 17.0. The predicted molar refractivity (Wildman–Crippen MR) is 117 cm³/mol. The van der Waals surface area contributed by atoms with Crippen molar-refractivity contribution in [1.29, 1.82) is 0 Å². The third-order valence-corrected chi connectivity index (χ3v) is 7.08. The van der Waals surface area contributed by atoms with Crippen molar-refractivity contribution in [2.75, 3.05) is 25.0 Å². The van der Waals surface area contributed by atoms with Crippen LogP contribution in [0.2, 0.25) is 0 Å². The van der Waals surface area contributed by atoms with Gasteiger partial charge in [-0.15, -0.1) is 0 Å². The first-order valence-corrected chi connectivity index (χ1v) is 11.7. The van der Waals surface area contributed by atoms with E-state index in [1.165, 1.54) is 51.7 Å². The number of ether oxygens (including phenoxy) is 1. The van der Waals surface area contributed by atoms with E-state index < -0.39 is 15.9 Å². The molecule has 1 amide bonds. The lowest BCUT2D eigenvalue weighted by atomic mass is 10.2. The number of carbonyl (C=O) groups is 1. The monoisotopic (exact) mass is 458 g/mol. The predicted octanol–water partition coefficient (Wildman–Crippen LogP) is 3.45. The molecular weight excluding hydrogens is 435 g/mol. The Hall–Kier alpha value is -3.24. The van der Waals surface area contributed by atoms with Crippen molar-refractivity contribution in [3.8, 4) is 11.4 Å². The second-order valence-electron chi connectivity index (χ2n) is 7.29. The van der Waals surface area contributed by atoms with Gasteiger partial charge in [0.05, 0.1) is 19.1 Å². The second-order valence-corrected chi connectivity index (χ2v) is 9.19. The van der Waals surface area contributed by atoms with Crippen molar-refractivity contribution >= 4 is 21.6 Å². The van der Waals surface area contributed by atoms with Gasteiger partial charge in [0.15, 0.2) is 0 Å². The van der Waals surface area contributed by atoms with Gasteiger partial charge in [0.1, 0.15) is 22.2 Å². The van der Waals surface area contributed by atoms with E-state index in [1.807, 2.05) is 0 Å².